The van der Waals surface area contributed by atoms with Crippen LogP contribution < -0.4 is 0 Å². The second-order valence-corrected chi connectivity index (χ2v) is 5.25. The van der Waals surface area contributed by atoms with E-state index >= 15 is 0 Å². The Labute approximate surface area is 81.9 Å². The van der Waals surface area contributed by atoms with Crippen molar-refractivity contribution in [2.45, 2.75) is 59.8 Å². The molecule has 0 N–H and O–H groups in total. The number of hydrogen-bond donors (Lipinski definition) is 0. The highest BCUT2D eigenvalue weighted by Gasteiger charge is 2.43. The van der Waals surface area contributed by atoms with Gasteiger partial charge in [0.25, 0.3) is 0 Å². The summed E-state index contributed by atoms with van der Waals surface area (Å²) in [6.07, 6.45) is 5.01. The van der Waals surface area contributed by atoms with E-state index in [-0.39, 0.29) is 5.41 Å². The fraction of sp³-hybridized carbons (Fsp3) is 0.917. The normalized spacial score (nSPS) is 26.0. The van der Waals surface area contributed by atoms with Crippen molar-refractivity contribution >= 4 is 5.78 Å². The zero-order valence-electron chi connectivity index (χ0n) is 9.44. The van der Waals surface area contributed by atoms with Gasteiger partial charge in [0.15, 0.2) is 0 Å². The highest BCUT2D eigenvalue weighted by Crippen LogP contribution is 2.47. The van der Waals surface area contributed by atoms with Crippen LogP contribution >= 0.6 is 0 Å². The molecule has 0 heterocycles. The molecule has 1 aliphatic carbocycles. The molecule has 0 spiro atoms. The van der Waals surface area contributed by atoms with Crippen molar-refractivity contribution in [3.8, 4) is 0 Å². The van der Waals surface area contributed by atoms with Crippen LogP contribution in [0.1, 0.15) is 59.8 Å². The molecule has 0 bridgehead atoms. The molecule has 1 nitrogen and oxygen atoms in total. The zero-order chi connectivity index (χ0) is 10.1. The molecule has 1 aliphatic rings. The third-order valence-electron chi connectivity index (χ3n) is 3.79. The summed E-state index contributed by atoms with van der Waals surface area (Å²) >= 11 is 0. The maximum Gasteiger partial charge on any atom is 0.139 e. The third-order valence-corrected chi connectivity index (χ3v) is 3.79. The molecular weight excluding hydrogens is 160 g/mol. The first kappa shape index (κ1) is 10.7. The summed E-state index contributed by atoms with van der Waals surface area (Å²) in [4.78, 5) is 11.9. The molecule has 0 saturated heterocycles. The molecule has 1 heteroatoms. The molecule has 0 aromatic rings. The number of Topliss-reactive ketones (excluding diaryl/α,β-unsaturated/α-hetero) is 1. The Morgan fingerprint density at radius 1 is 1.23 bits per heavy atom. The minimum absolute atomic E-state index is 0.0156. The summed E-state index contributed by atoms with van der Waals surface area (Å²) in [6, 6.07) is 0. The SMILES string of the molecule is CCC1(CC)CC(C)(C)CCC1=O. The molecule has 0 radical (unpaired) electrons. The lowest BCUT2D eigenvalue weighted by molar-refractivity contribution is -0.135. The van der Waals surface area contributed by atoms with E-state index in [1.807, 2.05) is 0 Å². The van der Waals surface area contributed by atoms with Gasteiger partial charge in [-0.1, -0.05) is 27.7 Å². The highest BCUT2D eigenvalue weighted by atomic mass is 16.1. The van der Waals surface area contributed by atoms with E-state index in [0.717, 1.165) is 32.1 Å². The Balaban J connectivity index is 2.86. The highest BCUT2D eigenvalue weighted by molar-refractivity contribution is 5.85. The van der Waals surface area contributed by atoms with Crippen molar-refractivity contribution in [3.05, 3.63) is 0 Å². The number of rotatable bonds is 2. The molecular formula is C12H22O. The van der Waals surface area contributed by atoms with Crippen LogP contribution in [-0.2, 0) is 4.79 Å². The van der Waals surface area contributed by atoms with Gasteiger partial charge in [-0.15, -0.1) is 0 Å². The van der Waals surface area contributed by atoms with Crippen molar-refractivity contribution in [1.29, 1.82) is 0 Å². The summed E-state index contributed by atoms with van der Waals surface area (Å²) < 4.78 is 0. The molecule has 0 unspecified atom stereocenters. The molecule has 76 valence electrons. The Hall–Kier alpha value is -0.330. The van der Waals surface area contributed by atoms with Crippen molar-refractivity contribution < 1.29 is 4.79 Å². The van der Waals surface area contributed by atoms with E-state index in [2.05, 4.69) is 27.7 Å². The van der Waals surface area contributed by atoms with Gasteiger partial charge < -0.3 is 0 Å². The summed E-state index contributed by atoms with van der Waals surface area (Å²) in [7, 11) is 0. The quantitative estimate of drug-likeness (QED) is 0.638. The molecule has 1 saturated carbocycles. The van der Waals surface area contributed by atoms with Gasteiger partial charge in [-0.25, -0.2) is 0 Å². The van der Waals surface area contributed by atoms with Gasteiger partial charge in [0, 0.05) is 11.8 Å². The first-order valence-corrected chi connectivity index (χ1v) is 5.49. The topological polar surface area (TPSA) is 17.1 Å². The fourth-order valence-electron chi connectivity index (χ4n) is 2.71. The lowest BCUT2D eigenvalue weighted by Crippen LogP contribution is -2.40. The first-order chi connectivity index (χ1) is 5.96. The minimum Gasteiger partial charge on any atom is -0.299 e. The lowest BCUT2D eigenvalue weighted by Gasteiger charge is -2.43. The molecule has 0 atom stereocenters. The van der Waals surface area contributed by atoms with E-state index < -0.39 is 0 Å². The summed E-state index contributed by atoms with van der Waals surface area (Å²) in [5.41, 5.74) is 0.391. The molecule has 1 rings (SSSR count). The fourth-order valence-corrected chi connectivity index (χ4v) is 2.71. The lowest BCUT2D eigenvalue weighted by atomic mass is 9.61. The van der Waals surface area contributed by atoms with E-state index in [4.69, 9.17) is 0 Å². The maximum atomic E-state index is 11.9. The summed E-state index contributed by atoms with van der Waals surface area (Å²) in [5, 5.41) is 0. The molecule has 0 aliphatic heterocycles. The number of carbonyl (C=O) groups excluding carboxylic acids is 1. The van der Waals surface area contributed by atoms with Gasteiger partial charge in [-0.2, -0.15) is 0 Å². The van der Waals surface area contributed by atoms with Crippen LogP contribution in [0.25, 0.3) is 0 Å². The van der Waals surface area contributed by atoms with Gasteiger partial charge >= 0.3 is 0 Å². The maximum absolute atomic E-state index is 11.9. The van der Waals surface area contributed by atoms with Crippen molar-refractivity contribution in [2.24, 2.45) is 10.8 Å². The summed E-state index contributed by atoms with van der Waals surface area (Å²) in [6.45, 7) is 8.89. The predicted octanol–water partition coefficient (Wildman–Crippen LogP) is 3.57. The standard InChI is InChI=1S/C12H22O/c1-5-12(6-2)9-11(3,4)8-7-10(12)13/h5-9H2,1-4H3. The largest absolute Gasteiger partial charge is 0.299 e. The summed E-state index contributed by atoms with van der Waals surface area (Å²) in [5.74, 6) is 0.511. The average molecular weight is 182 g/mol. The Kier molecular flexibility index (Phi) is 2.84. The number of ketones is 1. The molecule has 1 fully saturated rings. The van der Waals surface area contributed by atoms with Crippen molar-refractivity contribution in [3.63, 3.8) is 0 Å². The van der Waals surface area contributed by atoms with Crippen LogP contribution in [0.3, 0.4) is 0 Å². The van der Waals surface area contributed by atoms with Crippen molar-refractivity contribution in [1.82, 2.24) is 0 Å². The van der Waals surface area contributed by atoms with Gasteiger partial charge in [-0.05, 0) is 31.1 Å². The third kappa shape index (κ3) is 1.95. The van der Waals surface area contributed by atoms with Crippen LogP contribution in [0.15, 0.2) is 0 Å². The van der Waals surface area contributed by atoms with Gasteiger partial charge in [0.05, 0.1) is 0 Å². The second-order valence-electron chi connectivity index (χ2n) is 5.25. The Morgan fingerprint density at radius 3 is 2.15 bits per heavy atom. The average Bonchev–Trinajstić information content (AvgIpc) is 2.09. The molecule has 13 heavy (non-hydrogen) atoms. The van der Waals surface area contributed by atoms with Gasteiger partial charge in [0.2, 0.25) is 0 Å². The zero-order valence-corrected chi connectivity index (χ0v) is 9.44. The number of hydrogen-bond acceptors (Lipinski definition) is 1. The van der Waals surface area contributed by atoms with Crippen LogP contribution in [0.5, 0.6) is 0 Å². The molecule has 0 amide bonds. The van der Waals surface area contributed by atoms with Crippen LogP contribution in [0.2, 0.25) is 0 Å². The van der Waals surface area contributed by atoms with Gasteiger partial charge in [0.1, 0.15) is 5.78 Å². The van der Waals surface area contributed by atoms with Crippen LogP contribution in [0.4, 0.5) is 0 Å². The van der Waals surface area contributed by atoms with Crippen LogP contribution in [-0.4, -0.2) is 5.78 Å². The molecule has 0 aromatic heterocycles. The van der Waals surface area contributed by atoms with E-state index in [9.17, 15) is 4.79 Å². The second kappa shape index (κ2) is 3.43. The minimum atomic E-state index is 0.0156. The Morgan fingerprint density at radius 2 is 1.77 bits per heavy atom. The number of carbonyl (C=O) groups is 1. The van der Waals surface area contributed by atoms with E-state index in [1.54, 1.807) is 0 Å². The van der Waals surface area contributed by atoms with Gasteiger partial charge in [-0.3, -0.25) is 4.79 Å². The van der Waals surface area contributed by atoms with Crippen molar-refractivity contribution in [2.75, 3.05) is 0 Å². The molecule has 0 aromatic carbocycles. The smallest absolute Gasteiger partial charge is 0.139 e. The van der Waals surface area contributed by atoms with E-state index in [1.165, 1.54) is 0 Å². The monoisotopic (exact) mass is 182 g/mol. The van der Waals surface area contributed by atoms with E-state index in [0.29, 0.717) is 11.2 Å². The Bertz CT molecular complexity index is 199. The predicted molar refractivity (Wildman–Crippen MR) is 55.7 cm³/mol. The van der Waals surface area contributed by atoms with Crippen LogP contribution in [0, 0.1) is 10.8 Å². The first-order valence-electron chi connectivity index (χ1n) is 5.49.